The molecule has 0 saturated heterocycles. The van der Waals surface area contributed by atoms with E-state index in [2.05, 4.69) is 20.0 Å². The number of hydrogen-bond acceptors (Lipinski definition) is 7. The zero-order chi connectivity index (χ0) is 21.0. The molecule has 9 nitrogen and oxygen atoms in total. The zero-order valence-corrected chi connectivity index (χ0v) is 17.4. The molecule has 0 saturated carbocycles. The molecule has 3 aromatic rings. The van der Waals surface area contributed by atoms with E-state index in [0.29, 0.717) is 42.9 Å². The molecule has 4 rings (SSSR count). The highest BCUT2D eigenvalue weighted by atomic mass is 32.2. The molecule has 0 aliphatic carbocycles. The van der Waals surface area contributed by atoms with Crippen LogP contribution in [0.2, 0.25) is 0 Å². The van der Waals surface area contributed by atoms with Gasteiger partial charge in [0.25, 0.3) is 0 Å². The van der Waals surface area contributed by atoms with Gasteiger partial charge in [0, 0.05) is 44.0 Å². The fraction of sp³-hybridized carbons (Fsp3) is 0.300. The van der Waals surface area contributed by atoms with Gasteiger partial charge in [0.2, 0.25) is 10.0 Å². The smallest absolute Gasteiger partial charge is 0.240 e. The first kappa shape index (κ1) is 20.2. The van der Waals surface area contributed by atoms with E-state index in [1.807, 2.05) is 42.1 Å². The average Bonchev–Trinajstić information content (AvgIpc) is 3.16. The van der Waals surface area contributed by atoms with Gasteiger partial charge >= 0.3 is 0 Å². The Kier molecular flexibility index (Phi) is 5.86. The summed E-state index contributed by atoms with van der Waals surface area (Å²) in [5.41, 5.74) is 0. The Labute approximate surface area is 175 Å². The number of rotatable bonds is 7. The highest BCUT2D eigenvalue weighted by Crippen LogP contribution is 2.31. The monoisotopic (exact) mass is 429 g/mol. The number of hydrogen-bond donors (Lipinski definition) is 2. The summed E-state index contributed by atoms with van der Waals surface area (Å²) in [6, 6.07) is 10.3. The Bertz CT molecular complexity index is 1120. The summed E-state index contributed by atoms with van der Waals surface area (Å²) in [5.74, 6) is 2.99. The number of fused-ring (bicyclic) bond motifs is 1. The van der Waals surface area contributed by atoms with E-state index in [9.17, 15) is 8.42 Å². The lowest BCUT2D eigenvalue weighted by Crippen LogP contribution is -2.29. The van der Waals surface area contributed by atoms with Crippen molar-refractivity contribution < 1.29 is 17.9 Å². The standard InChI is InChI=1S/C20H23N5O4S/c1-15-23-19(14-20(24-15)25-9-2-3-10-25)21-7-8-22-30(26,27)16-5-6-17-18(13-16)29-12-4-11-28-17/h2-3,5-6,9-10,13-14,22H,4,7-8,11-12H2,1H3,(H,21,23,24). The van der Waals surface area contributed by atoms with E-state index < -0.39 is 10.0 Å². The van der Waals surface area contributed by atoms with Gasteiger partial charge in [-0.2, -0.15) is 0 Å². The SMILES string of the molecule is Cc1nc(NCCNS(=O)(=O)c2ccc3c(c2)OCCCO3)cc(-n2cccc2)n1. The molecule has 3 heterocycles. The van der Waals surface area contributed by atoms with Crippen LogP contribution in [-0.2, 0) is 10.0 Å². The normalized spacial score (nSPS) is 13.6. The van der Waals surface area contributed by atoms with Gasteiger partial charge in [0.1, 0.15) is 17.5 Å². The number of aryl methyl sites for hydroxylation is 1. The molecule has 0 fully saturated rings. The molecule has 10 heteroatoms. The second-order valence-corrected chi connectivity index (χ2v) is 8.50. The summed E-state index contributed by atoms with van der Waals surface area (Å²) in [7, 11) is -3.67. The molecule has 0 bridgehead atoms. The Morgan fingerprint density at radius 1 is 1.03 bits per heavy atom. The Hall–Kier alpha value is -3.11. The number of nitrogens with one attached hydrogen (secondary N) is 2. The minimum atomic E-state index is -3.67. The molecule has 0 amide bonds. The van der Waals surface area contributed by atoms with Gasteiger partial charge < -0.3 is 19.4 Å². The van der Waals surface area contributed by atoms with Gasteiger partial charge in [0.15, 0.2) is 11.5 Å². The highest BCUT2D eigenvalue weighted by molar-refractivity contribution is 7.89. The summed E-state index contributed by atoms with van der Waals surface area (Å²) in [5, 5.41) is 3.13. The lowest BCUT2D eigenvalue weighted by Gasteiger charge is -2.12. The molecule has 30 heavy (non-hydrogen) atoms. The first-order valence-electron chi connectivity index (χ1n) is 9.63. The van der Waals surface area contributed by atoms with Gasteiger partial charge in [-0.15, -0.1) is 0 Å². The Balaban J connectivity index is 1.37. The Morgan fingerprint density at radius 2 is 1.80 bits per heavy atom. The molecule has 1 aliphatic heterocycles. The molecule has 1 aliphatic rings. The topological polar surface area (TPSA) is 107 Å². The minimum absolute atomic E-state index is 0.138. The van der Waals surface area contributed by atoms with Crippen LogP contribution in [0.3, 0.4) is 0 Å². The zero-order valence-electron chi connectivity index (χ0n) is 16.5. The molecule has 158 valence electrons. The quantitative estimate of drug-likeness (QED) is 0.554. The maximum atomic E-state index is 12.6. The van der Waals surface area contributed by atoms with Crippen molar-refractivity contribution in [1.29, 1.82) is 0 Å². The van der Waals surface area contributed by atoms with Gasteiger partial charge in [-0.05, 0) is 31.2 Å². The number of ether oxygens (including phenoxy) is 2. The van der Waals surface area contributed by atoms with Crippen LogP contribution in [0.25, 0.3) is 5.82 Å². The van der Waals surface area contributed by atoms with E-state index in [4.69, 9.17) is 9.47 Å². The fourth-order valence-corrected chi connectivity index (χ4v) is 4.08. The van der Waals surface area contributed by atoms with Crippen LogP contribution in [0, 0.1) is 6.92 Å². The van der Waals surface area contributed by atoms with Gasteiger partial charge in [-0.1, -0.05) is 0 Å². The predicted octanol–water partition coefficient (Wildman–Crippen LogP) is 2.13. The summed E-state index contributed by atoms with van der Waals surface area (Å²) < 4.78 is 40.8. The van der Waals surface area contributed by atoms with Crippen LogP contribution in [-0.4, -0.2) is 49.3 Å². The molecule has 0 spiro atoms. The molecule has 0 atom stereocenters. The van der Waals surface area contributed by atoms with Crippen LogP contribution in [0.5, 0.6) is 11.5 Å². The summed E-state index contributed by atoms with van der Waals surface area (Å²) in [4.78, 5) is 8.89. The second-order valence-electron chi connectivity index (χ2n) is 6.73. The third-order valence-electron chi connectivity index (χ3n) is 4.45. The van der Waals surface area contributed by atoms with E-state index >= 15 is 0 Å². The van der Waals surface area contributed by atoms with Crippen molar-refractivity contribution in [3.8, 4) is 17.3 Å². The van der Waals surface area contributed by atoms with Gasteiger partial charge in [0.05, 0.1) is 18.1 Å². The fourth-order valence-electron chi connectivity index (χ4n) is 3.03. The summed E-state index contributed by atoms with van der Waals surface area (Å²) in [6.45, 7) is 3.42. The average molecular weight is 430 g/mol. The van der Waals surface area contributed by atoms with Crippen LogP contribution in [0.4, 0.5) is 5.82 Å². The summed E-state index contributed by atoms with van der Waals surface area (Å²) in [6.07, 6.45) is 4.55. The molecule has 0 radical (unpaired) electrons. The molecule has 2 N–H and O–H groups in total. The first-order valence-corrected chi connectivity index (χ1v) is 11.1. The number of anilines is 1. The first-order chi connectivity index (χ1) is 14.5. The summed E-state index contributed by atoms with van der Waals surface area (Å²) >= 11 is 0. The van der Waals surface area contributed by atoms with Gasteiger partial charge in [-0.25, -0.2) is 23.1 Å². The van der Waals surface area contributed by atoms with E-state index in [1.54, 1.807) is 6.07 Å². The third kappa shape index (κ3) is 4.71. The molecule has 2 aromatic heterocycles. The molecule has 0 unspecified atom stereocenters. The highest BCUT2D eigenvalue weighted by Gasteiger charge is 2.18. The lowest BCUT2D eigenvalue weighted by atomic mass is 10.3. The lowest BCUT2D eigenvalue weighted by molar-refractivity contribution is 0.297. The van der Waals surface area contributed by atoms with Crippen LogP contribution < -0.4 is 19.5 Å². The second kappa shape index (κ2) is 8.72. The van der Waals surface area contributed by atoms with Crippen molar-refractivity contribution in [1.82, 2.24) is 19.3 Å². The number of benzene rings is 1. The van der Waals surface area contributed by atoms with Gasteiger partial charge in [-0.3, -0.25) is 0 Å². The van der Waals surface area contributed by atoms with Crippen LogP contribution in [0.15, 0.2) is 53.7 Å². The van der Waals surface area contributed by atoms with E-state index in [-0.39, 0.29) is 11.4 Å². The molecular weight excluding hydrogens is 406 g/mol. The van der Waals surface area contributed by atoms with Crippen molar-refractivity contribution in [2.75, 3.05) is 31.6 Å². The minimum Gasteiger partial charge on any atom is -0.490 e. The van der Waals surface area contributed by atoms with Crippen molar-refractivity contribution in [2.45, 2.75) is 18.2 Å². The van der Waals surface area contributed by atoms with Crippen LogP contribution >= 0.6 is 0 Å². The number of nitrogens with zero attached hydrogens (tertiary/aromatic N) is 3. The van der Waals surface area contributed by atoms with Crippen molar-refractivity contribution in [3.63, 3.8) is 0 Å². The number of sulfonamides is 1. The Morgan fingerprint density at radius 3 is 2.60 bits per heavy atom. The maximum absolute atomic E-state index is 12.6. The van der Waals surface area contributed by atoms with E-state index in [1.165, 1.54) is 12.1 Å². The van der Waals surface area contributed by atoms with Crippen molar-refractivity contribution in [3.05, 3.63) is 54.6 Å². The predicted molar refractivity (Wildman–Crippen MR) is 112 cm³/mol. The molecular formula is C20H23N5O4S. The van der Waals surface area contributed by atoms with Crippen molar-refractivity contribution in [2.24, 2.45) is 0 Å². The van der Waals surface area contributed by atoms with Crippen LogP contribution in [0.1, 0.15) is 12.2 Å². The van der Waals surface area contributed by atoms with Crippen molar-refractivity contribution >= 4 is 15.8 Å². The van der Waals surface area contributed by atoms with E-state index in [0.717, 1.165) is 12.2 Å². The largest absolute Gasteiger partial charge is 0.490 e. The molecule has 1 aromatic carbocycles. The maximum Gasteiger partial charge on any atom is 0.240 e. The number of aromatic nitrogens is 3. The third-order valence-corrected chi connectivity index (χ3v) is 5.90.